The SMILES string of the molecule is CCOc1cc(/C=C(/C#N)C(=O)Nc2ccc(N(C)C)cc2)cc(Br)c1OCc1ccc(Br)cc1. The van der Waals surface area contributed by atoms with E-state index in [2.05, 4.69) is 37.2 Å². The molecule has 0 aromatic heterocycles. The second kappa shape index (κ2) is 12.4. The van der Waals surface area contributed by atoms with Crippen LogP contribution < -0.4 is 19.7 Å². The molecule has 0 aliphatic heterocycles. The molecule has 6 nitrogen and oxygen atoms in total. The molecule has 1 amide bonds. The van der Waals surface area contributed by atoms with Gasteiger partial charge in [-0.3, -0.25) is 4.79 Å². The summed E-state index contributed by atoms with van der Waals surface area (Å²) in [7, 11) is 3.88. The van der Waals surface area contributed by atoms with E-state index in [9.17, 15) is 10.1 Å². The Kier molecular flexibility index (Phi) is 9.35. The zero-order valence-electron chi connectivity index (χ0n) is 19.6. The number of amides is 1. The number of carbonyl (C=O) groups is 1. The van der Waals surface area contributed by atoms with Crippen molar-refractivity contribution in [1.29, 1.82) is 5.26 Å². The third kappa shape index (κ3) is 7.35. The second-order valence-electron chi connectivity index (χ2n) is 7.74. The Labute approximate surface area is 222 Å². The van der Waals surface area contributed by atoms with Crippen LogP contribution in [0.5, 0.6) is 11.5 Å². The number of rotatable bonds is 9. The van der Waals surface area contributed by atoms with Crippen LogP contribution >= 0.6 is 31.9 Å². The molecule has 0 radical (unpaired) electrons. The van der Waals surface area contributed by atoms with Crippen LogP contribution in [0.2, 0.25) is 0 Å². The summed E-state index contributed by atoms with van der Waals surface area (Å²) in [5.74, 6) is 0.577. The zero-order chi connectivity index (χ0) is 25.4. The van der Waals surface area contributed by atoms with Gasteiger partial charge in [0.1, 0.15) is 18.2 Å². The number of nitrogens with one attached hydrogen (secondary N) is 1. The molecule has 0 aliphatic carbocycles. The first kappa shape index (κ1) is 26.3. The highest BCUT2D eigenvalue weighted by Gasteiger charge is 2.15. The Morgan fingerprint density at radius 2 is 1.74 bits per heavy atom. The van der Waals surface area contributed by atoms with Gasteiger partial charge in [0.25, 0.3) is 5.91 Å². The molecule has 0 saturated heterocycles. The number of carbonyl (C=O) groups excluding carboxylic acids is 1. The van der Waals surface area contributed by atoms with Crippen LogP contribution in [0.1, 0.15) is 18.1 Å². The lowest BCUT2D eigenvalue weighted by Gasteiger charge is -2.15. The maximum absolute atomic E-state index is 12.7. The molecule has 0 bridgehead atoms. The molecule has 3 aromatic carbocycles. The minimum Gasteiger partial charge on any atom is -0.490 e. The van der Waals surface area contributed by atoms with Crippen molar-refractivity contribution in [3.63, 3.8) is 0 Å². The van der Waals surface area contributed by atoms with Crippen LogP contribution in [0.25, 0.3) is 6.08 Å². The van der Waals surface area contributed by atoms with E-state index in [1.807, 2.05) is 68.4 Å². The smallest absolute Gasteiger partial charge is 0.266 e. The number of halogens is 2. The summed E-state index contributed by atoms with van der Waals surface area (Å²) in [6, 6.07) is 20.8. The molecule has 1 N–H and O–H groups in total. The maximum atomic E-state index is 12.7. The number of nitrogens with zero attached hydrogens (tertiary/aromatic N) is 2. The molecule has 0 spiro atoms. The summed E-state index contributed by atoms with van der Waals surface area (Å²) in [4.78, 5) is 14.7. The fraction of sp³-hybridized carbons (Fsp3) is 0.185. The third-order valence-electron chi connectivity index (χ3n) is 4.95. The van der Waals surface area contributed by atoms with Crippen LogP contribution in [0.4, 0.5) is 11.4 Å². The average molecular weight is 599 g/mol. The Morgan fingerprint density at radius 3 is 2.34 bits per heavy atom. The van der Waals surface area contributed by atoms with Crippen molar-refractivity contribution in [1.82, 2.24) is 0 Å². The van der Waals surface area contributed by atoms with Gasteiger partial charge in [-0.05, 0) is 88.6 Å². The van der Waals surface area contributed by atoms with Gasteiger partial charge >= 0.3 is 0 Å². The van der Waals surface area contributed by atoms with E-state index < -0.39 is 5.91 Å². The van der Waals surface area contributed by atoms with Gasteiger partial charge in [-0.1, -0.05) is 28.1 Å². The van der Waals surface area contributed by atoms with E-state index in [1.165, 1.54) is 6.08 Å². The molecule has 35 heavy (non-hydrogen) atoms. The van der Waals surface area contributed by atoms with Gasteiger partial charge in [0, 0.05) is 29.9 Å². The number of hydrogen-bond acceptors (Lipinski definition) is 5. The standard InChI is InChI=1S/C27H25Br2N3O3/c1-4-34-25-15-19(14-24(29)26(25)35-17-18-5-7-21(28)8-6-18)13-20(16-30)27(33)31-22-9-11-23(12-10-22)32(2)3/h5-15H,4,17H2,1-3H3,(H,31,33)/b20-13-. The quantitative estimate of drug-likeness (QED) is 0.216. The third-order valence-corrected chi connectivity index (χ3v) is 6.06. The summed E-state index contributed by atoms with van der Waals surface area (Å²) < 4.78 is 13.5. The van der Waals surface area contributed by atoms with E-state index in [4.69, 9.17) is 9.47 Å². The summed E-state index contributed by atoms with van der Waals surface area (Å²) in [5.41, 5.74) is 3.23. The minimum absolute atomic E-state index is 0.0282. The molecule has 0 saturated carbocycles. The second-order valence-corrected chi connectivity index (χ2v) is 9.51. The molecular formula is C27H25Br2N3O3. The zero-order valence-corrected chi connectivity index (χ0v) is 22.8. The predicted molar refractivity (Wildman–Crippen MR) is 147 cm³/mol. The molecule has 3 aromatic rings. The lowest BCUT2D eigenvalue weighted by atomic mass is 10.1. The van der Waals surface area contributed by atoms with E-state index in [1.54, 1.807) is 24.3 Å². The van der Waals surface area contributed by atoms with Gasteiger partial charge < -0.3 is 19.7 Å². The van der Waals surface area contributed by atoms with Crippen molar-refractivity contribution < 1.29 is 14.3 Å². The van der Waals surface area contributed by atoms with E-state index in [-0.39, 0.29) is 5.57 Å². The topological polar surface area (TPSA) is 74.6 Å². The normalized spacial score (nSPS) is 10.9. The van der Waals surface area contributed by atoms with Crippen LogP contribution in [-0.2, 0) is 11.4 Å². The predicted octanol–water partition coefficient (Wildman–Crippen LogP) is 6.80. The summed E-state index contributed by atoms with van der Waals surface area (Å²) in [6.45, 7) is 2.67. The first-order valence-electron chi connectivity index (χ1n) is 10.8. The molecule has 0 unspecified atom stereocenters. The molecule has 180 valence electrons. The largest absolute Gasteiger partial charge is 0.490 e. The minimum atomic E-state index is -0.491. The number of benzene rings is 3. The van der Waals surface area contributed by atoms with Crippen molar-refractivity contribution in [3.05, 3.63) is 86.3 Å². The van der Waals surface area contributed by atoms with Crippen molar-refractivity contribution in [3.8, 4) is 17.6 Å². The molecule has 0 aliphatic rings. The van der Waals surface area contributed by atoms with Crippen LogP contribution in [0.15, 0.2) is 75.2 Å². The number of anilines is 2. The highest BCUT2D eigenvalue weighted by atomic mass is 79.9. The highest BCUT2D eigenvalue weighted by molar-refractivity contribution is 9.10. The molecule has 0 heterocycles. The lowest BCUT2D eigenvalue weighted by molar-refractivity contribution is -0.112. The average Bonchev–Trinajstić information content (AvgIpc) is 2.83. The lowest BCUT2D eigenvalue weighted by Crippen LogP contribution is -2.14. The fourth-order valence-corrected chi connectivity index (χ4v) is 4.01. The number of hydrogen-bond donors (Lipinski definition) is 1. The van der Waals surface area contributed by atoms with Crippen molar-refractivity contribution in [2.75, 3.05) is 30.9 Å². The first-order valence-corrected chi connectivity index (χ1v) is 12.4. The number of nitriles is 1. The summed E-state index contributed by atoms with van der Waals surface area (Å²) >= 11 is 6.97. The van der Waals surface area contributed by atoms with Crippen LogP contribution in [0.3, 0.4) is 0 Å². The molecule has 3 rings (SSSR count). The molecule has 8 heteroatoms. The summed E-state index contributed by atoms with van der Waals surface area (Å²) in [6.07, 6.45) is 1.52. The van der Waals surface area contributed by atoms with E-state index >= 15 is 0 Å². The Hall–Kier alpha value is -3.28. The van der Waals surface area contributed by atoms with Crippen LogP contribution in [0, 0.1) is 11.3 Å². The Balaban J connectivity index is 1.81. The van der Waals surface area contributed by atoms with Crippen LogP contribution in [-0.4, -0.2) is 26.6 Å². The summed E-state index contributed by atoms with van der Waals surface area (Å²) in [5, 5.41) is 12.4. The monoisotopic (exact) mass is 597 g/mol. The highest BCUT2D eigenvalue weighted by Crippen LogP contribution is 2.38. The molecule has 0 atom stereocenters. The van der Waals surface area contributed by atoms with Gasteiger partial charge in [0.2, 0.25) is 0 Å². The number of ether oxygens (including phenoxy) is 2. The van der Waals surface area contributed by atoms with Gasteiger partial charge in [0.15, 0.2) is 11.5 Å². The molecular weight excluding hydrogens is 574 g/mol. The van der Waals surface area contributed by atoms with Crippen molar-refractivity contribution >= 4 is 55.2 Å². The van der Waals surface area contributed by atoms with Crippen molar-refractivity contribution in [2.45, 2.75) is 13.5 Å². The van der Waals surface area contributed by atoms with E-state index in [0.29, 0.717) is 40.4 Å². The van der Waals surface area contributed by atoms with Gasteiger partial charge in [0.05, 0.1) is 11.1 Å². The Morgan fingerprint density at radius 1 is 1.06 bits per heavy atom. The first-order chi connectivity index (χ1) is 16.8. The fourth-order valence-electron chi connectivity index (χ4n) is 3.17. The van der Waals surface area contributed by atoms with Gasteiger partial charge in [-0.15, -0.1) is 0 Å². The maximum Gasteiger partial charge on any atom is 0.266 e. The van der Waals surface area contributed by atoms with Gasteiger partial charge in [-0.2, -0.15) is 5.26 Å². The van der Waals surface area contributed by atoms with E-state index in [0.717, 1.165) is 15.7 Å². The molecule has 0 fully saturated rings. The van der Waals surface area contributed by atoms with Crippen molar-refractivity contribution in [2.24, 2.45) is 0 Å². The Bertz CT molecular complexity index is 1250. The van der Waals surface area contributed by atoms with Gasteiger partial charge in [-0.25, -0.2) is 0 Å².